The lowest BCUT2D eigenvalue weighted by molar-refractivity contribution is 0.321. The lowest BCUT2D eigenvalue weighted by atomic mass is 10.2. The summed E-state index contributed by atoms with van der Waals surface area (Å²) in [7, 11) is 0. The van der Waals surface area contributed by atoms with Crippen molar-refractivity contribution in [3.8, 4) is 5.75 Å². The summed E-state index contributed by atoms with van der Waals surface area (Å²) in [5, 5.41) is 19.5. The summed E-state index contributed by atoms with van der Waals surface area (Å²) in [6, 6.07) is 1.30. The number of nitrogens with zero attached hydrogens (tertiary/aromatic N) is 1. The molecule has 0 aromatic heterocycles. The van der Waals surface area contributed by atoms with Gasteiger partial charge in [0, 0.05) is 12.1 Å². The van der Waals surface area contributed by atoms with Crippen LogP contribution >= 0.6 is 0 Å². The molecule has 2 N–H and O–H groups in total. The van der Waals surface area contributed by atoms with Gasteiger partial charge < -0.3 is 10.3 Å². The molecule has 0 atom stereocenters. The maximum atomic E-state index is 12.7. The zero-order chi connectivity index (χ0) is 9.14. The molecule has 64 valence electrons. The van der Waals surface area contributed by atoms with Crippen LogP contribution in [0.3, 0.4) is 0 Å². The highest BCUT2D eigenvalue weighted by Crippen LogP contribution is 2.19. The van der Waals surface area contributed by atoms with Crippen LogP contribution in [0.4, 0.5) is 8.78 Å². The van der Waals surface area contributed by atoms with Gasteiger partial charge in [-0.05, 0) is 0 Å². The molecule has 1 aromatic carbocycles. The molecule has 0 bridgehead atoms. The van der Waals surface area contributed by atoms with Crippen LogP contribution in [-0.2, 0) is 0 Å². The van der Waals surface area contributed by atoms with E-state index in [0.29, 0.717) is 12.3 Å². The molecule has 0 fully saturated rings. The Hall–Kier alpha value is -1.65. The van der Waals surface area contributed by atoms with Crippen molar-refractivity contribution in [2.24, 2.45) is 5.16 Å². The number of benzene rings is 1. The lowest BCUT2D eigenvalue weighted by Gasteiger charge is -1.98. The van der Waals surface area contributed by atoms with Gasteiger partial charge in [-0.25, -0.2) is 8.78 Å². The smallest absolute Gasteiger partial charge is 0.138 e. The van der Waals surface area contributed by atoms with E-state index in [1.807, 2.05) is 0 Å². The van der Waals surface area contributed by atoms with E-state index in [1.54, 1.807) is 0 Å². The average molecular weight is 173 g/mol. The van der Waals surface area contributed by atoms with Crippen molar-refractivity contribution >= 4 is 6.21 Å². The topological polar surface area (TPSA) is 52.8 Å². The van der Waals surface area contributed by atoms with E-state index in [1.165, 1.54) is 0 Å². The van der Waals surface area contributed by atoms with Gasteiger partial charge in [-0.15, -0.1) is 0 Å². The van der Waals surface area contributed by atoms with Crippen LogP contribution in [0, 0.1) is 11.6 Å². The van der Waals surface area contributed by atoms with Crippen molar-refractivity contribution < 1.29 is 19.1 Å². The Bertz CT molecular complexity index is 302. The summed E-state index contributed by atoms with van der Waals surface area (Å²) in [5.41, 5.74) is -0.348. The van der Waals surface area contributed by atoms with Gasteiger partial charge >= 0.3 is 0 Å². The maximum Gasteiger partial charge on any atom is 0.138 e. The van der Waals surface area contributed by atoms with Crippen molar-refractivity contribution in [2.75, 3.05) is 0 Å². The summed E-state index contributed by atoms with van der Waals surface area (Å²) in [5.74, 6) is -2.48. The van der Waals surface area contributed by atoms with Crippen molar-refractivity contribution in [3.05, 3.63) is 29.3 Å². The Morgan fingerprint density at radius 3 is 2.50 bits per heavy atom. The molecule has 0 saturated heterocycles. The predicted molar refractivity (Wildman–Crippen MR) is 37.4 cm³/mol. The number of aromatic hydroxyl groups is 1. The van der Waals surface area contributed by atoms with Crippen molar-refractivity contribution in [3.63, 3.8) is 0 Å². The number of halogens is 2. The van der Waals surface area contributed by atoms with Gasteiger partial charge in [0.2, 0.25) is 0 Å². The molecule has 0 spiro atoms. The third-order valence-electron chi connectivity index (χ3n) is 1.26. The molecule has 3 nitrogen and oxygen atoms in total. The normalized spacial score (nSPS) is 10.8. The van der Waals surface area contributed by atoms with Crippen LogP contribution in [0.25, 0.3) is 0 Å². The number of hydrogen-bond acceptors (Lipinski definition) is 3. The Morgan fingerprint density at radius 2 is 2.00 bits per heavy atom. The predicted octanol–water partition coefficient (Wildman–Crippen LogP) is 1.48. The van der Waals surface area contributed by atoms with Crippen LogP contribution in [0.5, 0.6) is 5.75 Å². The number of phenolic OH excluding ortho intramolecular Hbond substituents is 1. The first-order chi connectivity index (χ1) is 5.65. The molecule has 0 saturated carbocycles. The molecule has 0 unspecified atom stereocenters. The highest BCUT2D eigenvalue weighted by Gasteiger charge is 2.07. The fourth-order valence-corrected chi connectivity index (χ4v) is 0.757. The Balaban J connectivity index is 3.28. The van der Waals surface area contributed by atoms with Gasteiger partial charge in [0.25, 0.3) is 0 Å². The zero-order valence-electron chi connectivity index (χ0n) is 5.83. The minimum absolute atomic E-state index is 0.348. The molecule has 0 aliphatic rings. The van der Waals surface area contributed by atoms with Gasteiger partial charge in [0.15, 0.2) is 0 Å². The fourth-order valence-electron chi connectivity index (χ4n) is 0.757. The van der Waals surface area contributed by atoms with Gasteiger partial charge in [-0.3, -0.25) is 0 Å². The fraction of sp³-hybridized carbons (Fsp3) is 0. The number of phenols is 1. The molecule has 0 heterocycles. The quantitative estimate of drug-likeness (QED) is 0.384. The van der Waals surface area contributed by atoms with E-state index in [0.717, 1.165) is 6.07 Å². The molecule has 0 aliphatic heterocycles. The summed E-state index contributed by atoms with van der Waals surface area (Å²) in [6.07, 6.45) is 0.685. The monoisotopic (exact) mass is 173 g/mol. The molecule has 0 aliphatic carbocycles. The van der Waals surface area contributed by atoms with E-state index in [-0.39, 0.29) is 5.56 Å². The second-order valence-electron chi connectivity index (χ2n) is 2.06. The van der Waals surface area contributed by atoms with E-state index >= 15 is 0 Å². The Kier molecular flexibility index (Phi) is 2.23. The van der Waals surface area contributed by atoms with Gasteiger partial charge in [0.1, 0.15) is 17.4 Å². The highest BCUT2D eigenvalue weighted by molar-refractivity contribution is 5.83. The zero-order valence-corrected chi connectivity index (χ0v) is 5.83. The Labute approximate surface area is 66.6 Å². The van der Waals surface area contributed by atoms with Crippen molar-refractivity contribution in [2.45, 2.75) is 0 Å². The second kappa shape index (κ2) is 3.17. The van der Waals surface area contributed by atoms with Crippen LogP contribution in [-0.4, -0.2) is 16.5 Å². The van der Waals surface area contributed by atoms with Crippen LogP contribution in [0.2, 0.25) is 0 Å². The maximum absolute atomic E-state index is 12.7. The van der Waals surface area contributed by atoms with E-state index in [2.05, 4.69) is 5.16 Å². The molecule has 5 heteroatoms. The molecule has 0 amide bonds. The van der Waals surface area contributed by atoms with Crippen LogP contribution in [0.1, 0.15) is 5.56 Å². The molecule has 1 aromatic rings. The first kappa shape index (κ1) is 8.45. The van der Waals surface area contributed by atoms with E-state index < -0.39 is 17.4 Å². The number of oxime groups is 1. The molecule has 1 rings (SSSR count). The Morgan fingerprint density at radius 1 is 1.33 bits per heavy atom. The van der Waals surface area contributed by atoms with E-state index in [4.69, 9.17) is 10.3 Å². The average Bonchev–Trinajstić information content (AvgIpc) is 1.96. The summed E-state index contributed by atoms with van der Waals surface area (Å²) in [4.78, 5) is 0. The van der Waals surface area contributed by atoms with E-state index in [9.17, 15) is 8.78 Å². The molecule has 0 radical (unpaired) electrons. The minimum atomic E-state index is -0.981. The van der Waals surface area contributed by atoms with Crippen LogP contribution < -0.4 is 0 Å². The third-order valence-corrected chi connectivity index (χ3v) is 1.26. The largest absolute Gasteiger partial charge is 0.507 e. The van der Waals surface area contributed by atoms with Crippen LogP contribution in [0.15, 0.2) is 17.3 Å². The standard InChI is InChI=1S/C7H5F2NO2/c8-4-1-6(9)5(3-10-12)7(11)2-4/h1-3,11-12H/b10-3-. The molecule has 12 heavy (non-hydrogen) atoms. The molecular weight excluding hydrogens is 168 g/mol. The van der Waals surface area contributed by atoms with Gasteiger partial charge in [-0.2, -0.15) is 0 Å². The lowest BCUT2D eigenvalue weighted by Crippen LogP contribution is -1.90. The van der Waals surface area contributed by atoms with Gasteiger partial charge in [0.05, 0.1) is 11.8 Å². The molecular formula is C7H5F2NO2. The first-order valence-corrected chi connectivity index (χ1v) is 3.00. The number of hydrogen-bond donors (Lipinski definition) is 2. The minimum Gasteiger partial charge on any atom is -0.507 e. The highest BCUT2D eigenvalue weighted by atomic mass is 19.1. The second-order valence-corrected chi connectivity index (χ2v) is 2.06. The van der Waals surface area contributed by atoms with Crippen molar-refractivity contribution in [1.82, 2.24) is 0 Å². The summed E-state index contributed by atoms with van der Waals surface area (Å²) in [6.45, 7) is 0. The van der Waals surface area contributed by atoms with Crippen molar-refractivity contribution in [1.29, 1.82) is 0 Å². The SMILES string of the molecule is O/N=C\c1c(O)cc(F)cc1F. The number of rotatable bonds is 1. The third kappa shape index (κ3) is 1.50. The summed E-state index contributed by atoms with van der Waals surface area (Å²) < 4.78 is 25.0. The summed E-state index contributed by atoms with van der Waals surface area (Å²) >= 11 is 0. The van der Waals surface area contributed by atoms with Gasteiger partial charge in [-0.1, -0.05) is 5.16 Å². The first-order valence-electron chi connectivity index (χ1n) is 3.00.